The smallest absolute Gasteiger partial charge is 0.261 e. The highest BCUT2D eigenvalue weighted by atomic mass is 79.9. The fraction of sp³-hybridized carbons (Fsp3) is 0.0526. The van der Waals surface area contributed by atoms with Crippen molar-refractivity contribution < 1.29 is 9.53 Å². The number of fused-ring (bicyclic) bond motifs is 1. The van der Waals surface area contributed by atoms with E-state index in [9.17, 15) is 4.79 Å². The first-order valence-corrected chi connectivity index (χ1v) is 9.69. The molecule has 3 aromatic carbocycles. The summed E-state index contributed by atoms with van der Waals surface area (Å²) >= 11 is 20.6. The summed E-state index contributed by atoms with van der Waals surface area (Å²) in [6, 6.07) is 14.4. The average Bonchev–Trinajstić information content (AvgIpc) is 2.64. The van der Waals surface area contributed by atoms with Crippen molar-refractivity contribution in [2.75, 3.05) is 12.4 Å². The molecule has 0 unspecified atom stereocenters. The minimum atomic E-state index is -0.393. The number of rotatable bonds is 3. The number of nitrogens with one attached hydrogen (secondary N) is 2. The van der Waals surface area contributed by atoms with Crippen molar-refractivity contribution in [3.63, 3.8) is 0 Å². The molecule has 0 aliphatic carbocycles. The van der Waals surface area contributed by atoms with Gasteiger partial charge >= 0.3 is 0 Å². The minimum Gasteiger partial charge on any atom is -0.495 e. The molecule has 0 atom stereocenters. The summed E-state index contributed by atoms with van der Waals surface area (Å²) in [7, 11) is 1.51. The number of methoxy groups -OCH3 is 1. The van der Waals surface area contributed by atoms with Crippen LogP contribution in [-0.4, -0.2) is 18.1 Å². The molecule has 0 saturated heterocycles. The molecule has 3 aromatic rings. The summed E-state index contributed by atoms with van der Waals surface area (Å²) in [6.45, 7) is 0. The molecular weight excluding hydrogens is 471 g/mol. The van der Waals surface area contributed by atoms with Crippen molar-refractivity contribution in [2.45, 2.75) is 0 Å². The van der Waals surface area contributed by atoms with Crippen LogP contribution in [0.4, 0.5) is 5.69 Å². The van der Waals surface area contributed by atoms with E-state index in [0.717, 1.165) is 10.8 Å². The van der Waals surface area contributed by atoms with E-state index in [0.29, 0.717) is 31.5 Å². The molecule has 0 radical (unpaired) electrons. The molecule has 1 amide bonds. The van der Waals surface area contributed by atoms with Crippen molar-refractivity contribution in [1.82, 2.24) is 5.32 Å². The average molecular weight is 484 g/mol. The van der Waals surface area contributed by atoms with Gasteiger partial charge in [0, 0.05) is 5.69 Å². The van der Waals surface area contributed by atoms with Crippen LogP contribution in [0.5, 0.6) is 5.75 Å². The Hall–Kier alpha value is -1.86. The molecule has 0 aliphatic rings. The Bertz CT molecular complexity index is 1060. The van der Waals surface area contributed by atoms with Crippen molar-refractivity contribution in [3.8, 4) is 5.75 Å². The maximum Gasteiger partial charge on any atom is 0.261 e. The lowest BCUT2D eigenvalue weighted by atomic mass is 10.1. The molecule has 2 N–H and O–H groups in total. The third-order valence-corrected chi connectivity index (χ3v) is 5.52. The Morgan fingerprint density at radius 2 is 1.85 bits per heavy atom. The van der Waals surface area contributed by atoms with Crippen LogP contribution in [0.25, 0.3) is 10.8 Å². The van der Waals surface area contributed by atoms with E-state index in [1.165, 1.54) is 7.11 Å². The van der Waals surface area contributed by atoms with Gasteiger partial charge in [0.1, 0.15) is 5.75 Å². The van der Waals surface area contributed by atoms with Gasteiger partial charge in [-0.15, -0.1) is 0 Å². The molecule has 0 heterocycles. The zero-order valence-corrected chi connectivity index (χ0v) is 17.9. The van der Waals surface area contributed by atoms with E-state index < -0.39 is 5.91 Å². The molecule has 138 valence electrons. The number of halogens is 3. The summed E-state index contributed by atoms with van der Waals surface area (Å²) in [4.78, 5) is 12.8. The molecule has 0 saturated carbocycles. The van der Waals surface area contributed by atoms with Crippen molar-refractivity contribution >= 4 is 78.8 Å². The van der Waals surface area contributed by atoms with Crippen molar-refractivity contribution in [3.05, 3.63) is 68.6 Å². The van der Waals surface area contributed by atoms with E-state index in [4.69, 9.17) is 40.2 Å². The largest absolute Gasteiger partial charge is 0.495 e. The predicted molar refractivity (Wildman–Crippen MR) is 118 cm³/mol. The molecular formula is C19H13BrCl2N2O2S. The van der Waals surface area contributed by atoms with E-state index in [1.807, 2.05) is 24.3 Å². The zero-order chi connectivity index (χ0) is 19.6. The van der Waals surface area contributed by atoms with Crippen molar-refractivity contribution in [2.24, 2.45) is 0 Å². The molecule has 0 bridgehead atoms. The maximum absolute atomic E-state index is 12.8. The number of carbonyl (C=O) groups excluding carboxylic acids is 1. The summed E-state index contributed by atoms with van der Waals surface area (Å²) < 4.78 is 6.14. The van der Waals surface area contributed by atoms with Gasteiger partial charge in [-0.3, -0.25) is 10.1 Å². The number of ether oxygens (including phenoxy) is 1. The van der Waals surface area contributed by atoms with Gasteiger partial charge in [0.2, 0.25) is 0 Å². The highest BCUT2D eigenvalue weighted by molar-refractivity contribution is 9.10. The number of thiocarbonyl (C=S) groups is 1. The van der Waals surface area contributed by atoms with Gasteiger partial charge in [0.15, 0.2) is 5.11 Å². The second-order valence-electron chi connectivity index (χ2n) is 5.53. The first-order chi connectivity index (χ1) is 12.9. The number of amides is 1. The molecule has 0 spiro atoms. The van der Waals surface area contributed by atoms with Gasteiger partial charge in [-0.05, 0) is 63.2 Å². The zero-order valence-electron chi connectivity index (χ0n) is 14.0. The van der Waals surface area contributed by atoms with E-state index in [2.05, 4.69) is 26.6 Å². The molecule has 3 rings (SSSR count). The highest BCUT2D eigenvalue weighted by Gasteiger charge is 2.19. The highest BCUT2D eigenvalue weighted by Crippen LogP contribution is 2.36. The van der Waals surface area contributed by atoms with Gasteiger partial charge in [-0.1, -0.05) is 47.5 Å². The minimum absolute atomic E-state index is 0.129. The summed E-state index contributed by atoms with van der Waals surface area (Å²) in [5.41, 5.74) is 0.975. The maximum atomic E-state index is 12.8. The number of hydrogen-bond donors (Lipinski definition) is 2. The Balaban J connectivity index is 1.85. The van der Waals surface area contributed by atoms with Crippen LogP contribution in [0.2, 0.25) is 10.0 Å². The first kappa shape index (κ1) is 19.9. The Labute approximate surface area is 179 Å². The molecule has 0 aliphatic heterocycles. The summed E-state index contributed by atoms with van der Waals surface area (Å²) in [5.74, 6) is 0.0411. The fourth-order valence-corrected chi connectivity index (χ4v) is 3.80. The summed E-state index contributed by atoms with van der Waals surface area (Å²) in [6.07, 6.45) is 0. The molecule has 0 aromatic heterocycles. The van der Waals surface area contributed by atoms with Crippen LogP contribution < -0.4 is 15.4 Å². The van der Waals surface area contributed by atoms with Crippen LogP contribution in [-0.2, 0) is 0 Å². The summed E-state index contributed by atoms with van der Waals surface area (Å²) in [5, 5.41) is 8.35. The number of carbonyl (C=O) groups is 1. The third kappa shape index (κ3) is 4.35. The Morgan fingerprint density at radius 3 is 2.56 bits per heavy atom. The monoisotopic (exact) mass is 482 g/mol. The quantitative estimate of drug-likeness (QED) is 0.445. The predicted octanol–water partition coefficient (Wildman–Crippen LogP) is 6.04. The Morgan fingerprint density at radius 1 is 1.11 bits per heavy atom. The standard InChI is InChI=1S/C19H13BrCl2N2O2S/c1-26-17-13(8-10-4-2-3-5-12(10)16(17)20)18(25)24-19(27)23-11-6-7-14(21)15(22)9-11/h2-9H,1H3,(H2,23,24,25,27). The fourth-order valence-electron chi connectivity index (χ4n) is 2.56. The van der Waals surface area contributed by atoms with Crippen LogP contribution in [0.1, 0.15) is 10.4 Å². The lowest BCUT2D eigenvalue weighted by Crippen LogP contribution is -2.34. The van der Waals surface area contributed by atoms with Crippen LogP contribution in [0.15, 0.2) is 53.0 Å². The Kier molecular flexibility index (Phi) is 6.22. The second-order valence-corrected chi connectivity index (χ2v) is 7.55. The second kappa shape index (κ2) is 8.44. The molecule has 27 heavy (non-hydrogen) atoms. The molecule has 0 fully saturated rings. The lowest BCUT2D eigenvalue weighted by Gasteiger charge is -2.14. The van der Waals surface area contributed by atoms with Crippen LogP contribution in [0.3, 0.4) is 0 Å². The van der Waals surface area contributed by atoms with Gasteiger partial charge in [-0.25, -0.2) is 0 Å². The third-order valence-electron chi connectivity index (χ3n) is 3.79. The first-order valence-electron chi connectivity index (χ1n) is 7.73. The normalized spacial score (nSPS) is 10.5. The van der Waals surface area contributed by atoms with Gasteiger partial charge in [0.05, 0.1) is 27.2 Å². The van der Waals surface area contributed by atoms with Crippen LogP contribution in [0, 0.1) is 0 Å². The van der Waals surface area contributed by atoms with Crippen molar-refractivity contribution in [1.29, 1.82) is 0 Å². The van der Waals surface area contributed by atoms with E-state index in [-0.39, 0.29) is 5.11 Å². The van der Waals surface area contributed by atoms with Gasteiger partial charge in [-0.2, -0.15) is 0 Å². The van der Waals surface area contributed by atoms with Gasteiger partial charge in [0.25, 0.3) is 5.91 Å². The topological polar surface area (TPSA) is 50.4 Å². The van der Waals surface area contributed by atoms with E-state index >= 15 is 0 Å². The van der Waals surface area contributed by atoms with Gasteiger partial charge < -0.3 is 10.1 Å². The number of anilines is 1. The number of benzene rings is 3. The van der Waals surface area contributed by atoms with E-state index in [1.54, 1.807) is 24.3 Å². The SMILES string of the molecule is COc1c(C(=O)NC(=S)Nc2ccc(Cl)c(Cl)c2)cc2ccccc2c1Br. The molecule has 4 nitrogen and oxygen atoms in total. The molecule has 8 heteroatoms. The number of hydrogen-bond acceptors (Lipinski definition) is 3. The van der Waals surface area contributed by atoms with Crippen LogP contribution >= 0.6 is 51.3 Å². The lowest BCUT2D eigenvalue weighted by molar-refractivity contribution is 0.0975.